The number of aryl methyl sites for hydroxylation is 1. The fourth-order valence-electron chi connectivity index (χ4n) is 2.97. The van der Waals surface area contributed by atoms with Gasteiger partial charge < -0.3 is 14.8 Å². The number of benzene rings is 2. The van der Waals surface area contributed by atoms with Crippen molar-refractivity contribution in [3.05, 3.63) is 57.6 Å². The number of hydrogen-bond donors (Lipinski definition) is 2. The molecule has 2 atom stereocenters. The van der Waals surface area contributed by atoms with Crippen molar-refractivity contribution in [3.63, 3.8) is 0 Å². The van der Waals surface area contributed by atoms with Crippen LogP contribution in [0.5, 0.6) is 11.5 Å². The van der Waals surface area contributed by atoms with Gasteiger partial charge in [0.05, 0.1) is 18.3 Å². The third-order valence-electron chi connectivity index (χ3n) is 4.73. The Labute approximate surface area is 204 Å². The average molecular weight is 494 g/mol. The van der Waals surface area contributed by atoms with Crippen LogP contribution in [0.1, 0.15) is 38.3 Å². The van der Waals surface area contributed by atoms with Gasteiger partial charge in [0.25, 0.3) is 11.8 Å². The lowest BCUT2D eigenvalue weighted by atomic mass is 10.0. The summed E-state index contributed by atoms with van der Waals surface area (Å²) < 4.78 is 10.9. The predicted octanol–water partition coefficient (Wildman–Crippen LogP) is 4.76. The van der Waals surface area contributed by atoms with E-state index in [-0.39, 0.29) is 5.92 Å². The Hall–Kier alpha value is -2.77. The van der Waals surface area contributed by atoms with E-state index in [1.165, 1.54) is 12.3 Å². The molecule has 0 aliphatic rings. The molecule has 2 aromatic carbocycles. The van der Waals surface area contributed by atoms with Crippen LogP contribution in [0.25, 0.3) is 0 Å². The minimum atomic E-state index is -0.880. The van der Waals surface area contributed by atoms with Crippen LogP contribution in [-0.2, 0) is 9.59 Å². The summed E-state index contributed by atoms with van der Waals surface area (Å²) in [6.45, 7) is 7.43. The van der Waals surface area contributed by atoms with Crippen molar-refractivity contribution < 1.29 is 19.1 Å². The monoisotopic (exact) mass is 493 g/mol. The number of carbonyl (C=O) groups excluding carboxylic acids is 2. The first-order chi connectivity index (χ1) is 15.6. The van der Waals surface area contributed by atoms with Crippen LogP contribution in [0.2, 0.25) is 10.0 Å². The largest absolute Gasteiger partial charge is 0.496 e. The molecule has 0 unspecified atom stereocenters. The van der Waals surface area contributed by atoms with Crippen LogP contribution < -0.4 is 20.2 Å². The van der Waals surface area contributed by atoms with E-state index >= 15 is 0 Å². The van der Waals surface area contributed by atoms with E-state index in [2.05, 4.69) is 15.8 Å². The molecule has 0 saturated heterocycles. The lowest BCUT2D eigenvalue weighted by Gasteiger charge is -2.22. The number of hydrogen-bond acceptors (Lipinski definition) is 5. The van der Waals surface area contributed by atoms with Gasteiger partial charge in [0.15, 0.2) is 6.10 Å². The molecule has 2 N–H and O–H groups in total. The van der Waals surface area contributed by atoms with Gasteiger partial charge in [-0.3, -0.25) is 9.59 Å². The normalized spacial score (nSPS) is 13.0. The highest BCUT2D eigenvalue weighted by Gasteiger charge is 2.25. The van der Waals surface area contributed by atoms with Crippen molar-refractivity contribution in [2.45, 2.75) is 46.3 Å². The molecule has 0 aliphatic carbocycles. The second-order valence-corrected chi connectivity index (χ2v) is 8.83. The summed E-state index contributed by atoms with van der Waals surface area (Å²) in [6.07, 6.45) is 1.07. The molecule has 0 bridgehead atoms. The average Bonchev–Trinajstić information content (AvgIpc) is 2.75. The van der Waals surface area contributed by atoms with E-state index < -0.39 is 24.0 Å². The van der Waals surface area contributed by atoms with E-state index in [9.17, 15) is 9.59 Å². The Morgan fingerprint density at radius 2 is 1.79 bits per heavy atom. The Bertz CT molecular complexity index is 1010. The molecule has 2 rings (SSSR count). The van der Waals surface area contributed by atoms with Crippen molar-refractivity contribution in [3.8, 4) is 11.5 Å². The molecule has 2 aromatic rings. The van der Waals surface area contributed by atoms with Gasteiger partial charge in [0.1, 0.15) is 17.5 Å². The zero-order valence-electron chi connectivity index (χ0n) is 19.3. The number of methoxy groups -OCH3 is 1. The minimum Gasteiger partial charge on any atom is -0.496 e. The van der Waals surface area contributed by atoms with Crippen molar-refractivity contribution in [2.24, 2.45) is 11.0 Å². The van der Waals surface area contributed by atoms with Gasteiger partial charge >= 0.3 is 0 Å². The van der Waals surface area contributed by atoms with Gasteiger partial charge in [-0.1, -0.05) is 49.2 Å². The van der Waals surface area contributed by atoms with Crippen LogP contribution in [0, 0.1) is 12.8 Å². The lowest BCUT2D eigenvalue weighted by Crippen LogP contribution is -2.49. The Morgan fingerprint density at radius 1 is 1.06 bits per heavy atom. The van der Waals surface area contributed by atoms with E-state index in [4.69, 9.17) is 32.7 Å². The molecule has 9 heteroatoms. The van der Waals surface area contributed by atoms with E-state index in [1.54, 1.807) is 26.2 Å². The van der Waals surface area contributed by atoms with Gasteiger partial charge in [-0.2, -0.15) is 5.10 Å². The summed E-state index contributed by atoms with van der Waals surface area (Å²) in [5, 5.41) is 7.51. The molecule has 0 fully saturated rings. The number of amides is 2. The maximum Gasteiger partial charge on any atom is 0.262 e. The molecule has 33 heavy (non-hydrogen) atoms. The maximum absolute atomic E-state index is 12.7. The molecule has 2 amide bonds. The summed E-state index contributed by atoms with van der Waals surface area (Å²) in [5.41, 5.74) is 4.26. The molecule has 0 spiro atoms. The standard InChI is InChI=1S/C24H29Cl2N3O4/c1-14(2)10-20(24(31)29-27-13-17-7-6-15(3)22(11-17)32-5)28-23(30)16(4)33-21-9-8-18(25)12-19(21)26/h6-9,11-14,16,20H,10H2,1-5H3,(H,28,30)(H,29,31)/b27-13-/t16-,20+/m0/s1. The Balaban J connectivity index is 2.02. The third kappa shape index (κ3) is 8.26. The molecule has 7 nitrogen and oxygen atoms in total. The number of halogens is 2. The number of ether oxygens (including phenoxy) is 2. The third-order valence-corrected chi connectivity index (χ3v) is 5.26. The van der Waals surface area contributed by atoms with E-state index in [1.807, 2.05) is 39.0 Å². The number of nitrogens with zero attached hydrogens (tertiary/aromatic N) is 1. The van der Waals surface area contributed by atoms with Gasteiger partial charge in [0, 0.05) is 5.02 Å². The molecule has 0 aliphatic heterocycles. The van der Waals surface area contributed by atoms with Crippen LogP contribution in [0.3, 0.4) is 0 Å². The van der Waals surface area contributed by atoms with Gasteiger partial charge in [-0.15, -0.1) is 0 Å². The predicted molar refractivity (Wildman–Crippen MR) is 131 cm³/mol. The highest BCUT2D eigenvalue weighted by atomic mass is 35.5. The molecule has 0 aromatic heterocycles. The zero-order chi connectivity index (χ0) is 24.5. The zero-order valence-corrected chi connectivity index (χ0v) is 20.8. The Morgan fingerprint density at radius 3 is 2.42 bits per heavy atom. The van der Waals surface area contributed by atoms with Crippen molar-refractivity contribution in [2.75, 3.05) is 7.11 Å². The highest BCUT2D eigenvalue weighted by Crippen LogP contribution is 2.28. The fraction of sp³-hybridized carbons (Fsp3) is 0.375. The molecule has 178 valence electrons. The van der Waals surface area contributed by atoms with Crippen LogP contribution in [-0.4, -0.2) is 37.3 Å². The molecular formula is C24H29Cl2N3O4. The van der Waals surface area contributed by atoms with Gasteiger partial charge in [0.2, 0.25) is 0 Å². The molecule has 0 heterocycles. The SMILES string of the molecule is COc1cc(/C=N\NC(=O)[C@@H](CC(C)C)NC(=O)[C@H](C)Oc2ccc(Cl)cc2Cl)ccc1C. The van der Waals surface area contributed by atoms with Gasteiger partial charge in [-0.05, 0) is 61.6 Å². The minimum absolute atomic E-state index is 0.160. The summed E-state index contributed by atoms with van der Waals surface area (Å²) in [6, 6.07) is 9.53. The lowest BCUT2D eigenvalue weighted by molar-refractivity contribution is -0.132. The van der Waals surface area contributed by atoms with Crippen molar-refractivity contribution in [1.29, 1.82) is 0 Å². The topological polar surface area (TPSA) is 89.0 Å². The van der Waals surface area contributed by atoms with Crippen molar-refractivity contribution in [1.82, 2.24) is 10.7 Å². The summed E-state index contributed by atoms with van der Waals surface area (Å²) in [4.78, 5) is 25.4. The van der Waals surface area contributed by atoms with Crippen LogP contribution in [0.15, 0.2) is 41.5 Å². The van der Waals surface area contributed by atoms with Crippen molar-refractivity contribution >= 4 is 41.2 Å². The van der Waals surface area contributed by atoms with E-state index in [0.29, 0.717) is 22.2 Å². The summed E-state index contributed by atoms with van der Waals surface area (Å²) in [5.74, 6) is 0.336. The fourth-order valence-corrected chi connectivity index (χ4v) is 3.43. The number of carbonyl (C=O) groups is 2. The first-order valence-corrected chi connectivity index (χ1v) is 11.3. The first kappa shape index (κ1) is 26.5. The van der Waals surface area contributed by atoms with Gasteiger partial charge in [-0.25, -0.2) is 5.43 Å². The smallest absolute Gasteiger partial charge is 0.262 e. The number of nitrogens with one attached hydrogen (secondary N) is 2. The summed E-state index contributed by atoms with van der Waals surface area (Å²) in [7, 11) is 1.59. The van der Waals surface area contributed by atoms with Crippen LogP contribution >= 0.6 is 23.2 Å². The van der Waals surface area contributed by atoms with Crippen LogP contribution in [0.4, 0.5) is 0 Å². The molecular weight excluding hydrogens is 465 g/mol. The molecule has 0 radical (unpaired) electrons. The summed E-state index contributed by atoms with van der Waals surface area (Å²) >= 11 is 12.0. The number of rotatable bonds is 10. The first-order valence-electron chi connectivity index (χ1n) is 10.5. The maximum atomic E-state index is 12.7. The highest BCUT2D eigenvalue weighted by molar-refractivity contribution is 6.35. The Kier molecular flexibility index (Phi) is 10.0. The quantitative estimate of drug-likeness (QED) is 0.368. The molecule has 0 saturated carbocycles. The second-order valence-electron chi connectivity index (χ2n) is 7.99. The van der Waals surface area contributed by atoms with E-state index in [0.717, 1.165) is 16.9 Å². The number of hydrazone groups is 1. The second kappa shape index (κ2) is 12.5.